The molecule has 0 bridgehead atoms. The van der Waals surface area contributed by atoms with E-state index in [4.69, 9.17) is 9.63 Å². The summed E-state index contributed by atoms with van der Waals surface area (Å²) >= 11 is 0. The molecule has 0 spiro atoms. The third kappa shape index (κ3) is 1.96. The molecular weight excluding hydrogens is 216 g/mol. The van der Waals surface area contributed by atoms with Crippen molar-refractivity contribution >= 4 is 0 Å². The van der Waals surface area contributed by atoms with Crippen LogP contribution in [0.4, 0.5) is 0 Å². The lowest BCUT2D eigenvalue weighted by atomic mass is 9.84. The van der Waals surface area contributed by atoms with Crippen molar-refractivity contribution in [2.75, 3.05) is 0 Å². The van der Waals surface area contributed by atoms with E-state index >= 15 is 0 Å². The number of aliphatic hydroxyl groups excluding tert-OH is 1. The monoisotopic (exact) mass is 230 g/mol. The summed E-state index contributed by atoms with van der Waals surface area (Å²) in [5, 5.41) is 12.7. The highest BCUT2D eigenvalue weighted by Gasteiger charge is 2.24. The highest BCUT2D eigenvalue weighted by Crippen LogP contribution is 2.31. The van der Waals surface area contributed by atoms with Crippen LogP contribution in [0.1, 0.15) is 35.2 Å². The Labute approximate surface area is 99.3 Å². The maximum Gasteiger partial charge on any atom is 0.230 e. The summed E-state index contributed by atoms with van der Waals surface area (Å²) in [5.74, 6) is 1.32. The van der Waals surface area contributed by atoms with Gasteiger partial charge in [0.1, 0.15) is 6.61 Å². The predicted molar refractivity (Wildman–Crippen MR) is 61.4 cm³/mol. The summed E-state index contributed by atoms with van der Waals surface area (Å²) in [6, 6.07) is 8.48. The lowest BCUT2D eigenvalue weighted by Gasteiger charge is -2.21. The fraction of sp³-hybridized carbons (Fsp3) is 0.385. The minimum atomic E-state index is -0.160. The molecule has 0 saturated heterocycles. The van der Waals surface area contributed by atoms with Gasteiger partial charge in [-0.15, -0.1) is 0 Å². The van der Waals surface area contributed by atoms with Gasteiger partial charge in [0.05, 0.1) is 0 Å². The molecule has 1 aromatic carbocycles. The number of rotatable bonds is 2. The van der Waals surface area contributed by atoms with Crippen LogP contribution in [0.5, 0.6) is 0 Å². The van der Waals surface area contributed by atoms with Crippen LogP contribution in [0.2, 0.25) is 0 Å². The topological polar surface area (TPSA) is 59.2 Å². The van der Waals surface area contributed by atoms with E-state index in [-0.39, 0.29) is 12.5 Å². The summed E-state index contributed by atoms with van der Waals surface area (Å²) in [6.45, 7) is -0.160. The molecule has 4 nitrogen and oxygen atoms in total. The number of aliphatic hydroxyl groups is 1. The van der Waals surface area contributed by atoms with Gasteiger partial charge < -0.3 is 9.63 Å². The lowest BCUT2D eigenvalue weighted by Crippen LogP contribution is -2.12. The van der Waals surface area contributed by atoms with Crippen LogP contribution in [-0.2, 0) is 19.4 Å². The largest absolute Gasteiger partial charge is 0.388 e. The molecule has 0 amide bonds. The first-order valence-corrected chi connectivity index (χ1v) is 5.87. The Morgan fingerprint density at radius 3 is 2.88 bits per heavy atom. The van der Waals surface area contributed by atoms with Crippen LogP contribution in [0.3, 0.4) is 0 Å². The van der Waals surface area contributed by atoms with E-state index < -0.39 is 0 Å². The van der Waals surface area contributed by atoms with E-state index in [0.717, 1.165) is 19.3 Å². The molecule has 0 radical (unpaired) electrons. The molecule has 1 heterocycles. The van der Waals surface area contributed by atoms with Gasteiger partial charge >= 0.3 is 0 Å². The molecular formula is C13H14N2O2. The van der Waals surface area contributed by atoms with Gasteiger partial charge in [0.15, 0.2) is 5.82 Å². The average Bonchev–Trinajstić information content (AvgIpc) is 2.87. The molecule has 1 aliphatic carbocycles. The molecule has 1 unspecified atom stereocenters. The molecule has 4 heteroatoms. The zero-order valence-electron chi connectivity index (χ0n) is 9.47. The number of aryl methyl sites for hydroxylation is 1. The van der Waals surface area contributed by atoms with E-state index in [1.807, 2.05) is 0 Å². The molecule has 0 saturated carbocycles. The van der Waals surface area contributed by atoms with E-state index in [1.165, 1.54) is 11.1 Å². The molecule has 0 aliphatic heterocycles. The summed E-state index contributed by atoms with van der Waals surface area (Å²) < 4.78 is 5.19. The Bertz CT molecular complexity index is 522. The zero-order valence-corrected chi connectivity index (χ0v) is 9.47. The second-order valence-electron chi connectivity index (χ2n) is 4.42. The first kappa shape index (κ1) is 10.5. The van der Waals surface area contributed by atoms with Gasteiger partial charge in [0, 0.05) is 5.92 Å². The highest BCUT2D eigenvalue weighted by atomic mass is 16.5. The van der Waals surface area contributed by atoms with E-state index in [9.17, 15) is 0 Å². The van der Waals surface area contributed by atoms with Crippen LogP contribution >= 0.6 is 0 Å². The second-order valence-corrected chi connectivity index (χ2v) is 4.42. The van der Waals surface area contributed by atoms with E-state index in [1.54, 1.807) is 0 Å². The van der Waals surface area contributed by atoms with Gasteiger partial charge in [0.2, 0.25) is 5.89 Å². The maximum atomic E-state index is 8.92. The standard InChI is InChI=1S/C13H14N2O2/c16-8-12-14-13(17-15-12)11-6-5-9-3-1-2-4-10(9)7-11/h1-4,11,16H,5-8H2. The van der Waals surface area contributed by atoms with E-state index in [2.05, 4.69) is 34.4 Å². The minimum Gasteiger partial charge on any atom is -0.388 e. The Morgan fingerprint density at radius 2 is 2.12 bits per heavy atom. The Hall–Kier alpha value is -1.68. The summed E-state index contributed by atoms with van der Waals surface area (Å²) in [7, 11) is 0. The van der Waals surface area contributed by atoms with Crippen molar-refractivity contribution in [3.8, 4) is 0 Å². The summed E-state index contributed by atoms with van der Waals surface area (Å²) in [5.41, 5.74) is 2.79. The first-order chi connectivity index (χ1) is 8.36. The molecule has 1 atom stereocenters. The van der Waals surface area contributed by atoms with Gasteiger partial charge in [0.25, 0.3) is 0 Å². The van der Waals surface area contributed by atoms with Crippen molar-refractivity contribution < 1.29 is 9.63 Å². The number of nitrogens with zero attached hydrogens (tertiary/aromatic N) is 2. The van der Waals surface area contributed by atoms with Crippen LogP contribution in [-0.4, -0.2) is 15.2 Å². The van der Waals surface area contributed by atoms with Crippen LogP contribution in [0.25, 0.3) is 0 Å². The van der Waals surface area contributed by atoms with Gasteiger partial charge in [-0.25, -0.2) is 0 Å². The molecule has 1 aliphatic rings. The molecule has 2 aromatic rings. The minimum absolute atomic E-state index is 0.160. The third-order valence-corrected chi connectivity index (χ3v) is 3.32. The number of benzene rings is 1. The van der Waals surface area contributed by atoms with Crippen molar-refractivity contribution in [2.24, 2.45) is 0 Å². The quantitative estimate of drug-likeness (QED) is 0.855. The fourth-order valence-electron chi connectivity index (χ4n) is 2.41. The second kappa shape index (κ2) is 4.30. The van der Waals surface area contributed by atoms with Crippen LogP contribution < -0.4 is 0 Å². The first-order valence-electron chi connectivity index (χ1n) is 5.87. The maximum absolute atomic E-state index is 8.92. The Balaban J connectivity index is 1.84. The number of aromatic nitrogens is 2. The van der Waals surface area contributed by atoms with Crippen molar-refractivity contribution in [3.63, 3.8) is 0 Å². The molecule has 1 aromatic heterocycles. The highest BCUT2D eigenvalue weighted by molar-refractivity contribution is 5.31. The zero-order chi connectivity index (χ0) is 11.7. The summed E-state index contributed by atoms with van der Waals surface area (Å²) in [6.07, 6.45) is 3.03. The molecule has 88 valence electrons. The van der Waals surface area contributed by atoms with E-state index in [0.29, 0.717) is 11.7 Å². The number of hydrogen-bond acceptors (Lipinski definition) is 4. The van der Waals surface area contributed by atoms with Crippen LogP contribution in [0.15, 0.2) is 28.8 Å². The fourth-order valence-corrected chi connectivity index (χ4v) is 2.41. The molecule has 17 heavy (non-hydrogen) atoms. The van der Waals surface area contributed by atoms with Crippen molar-refractivity contribution in [1.82, 2.24) is 10.1 Å². The number of fused-ring (bicyclic) bond motifs is 1. The van der Waals surface area contributed by atoms with Gasteiger partial charge in [-0.2, -0.15) is 4.98 Å². The molecule has 3 rings (SSSR count). The van der Waals surface area contributed by atoms with Gasteiger partial charge in [-0.05, 0) is 30.4 Å². The smallest absolute Gasteiger partial charge is 0.230 e. The SMILES string of the molecule is OCc1noc(C2CCc3ccccc3C2)n1. The molecule has 1 N–H and O–H groups in total. The van der Waals surface area contributed by atoms with Crippen molar-refractivity contribution in [1.29, 1.82) is 0 Å². The summed E-state index contributed by atoms with van der Waals surface area (Å²) in [4.78, 5) is 4.20. The molecule has 0 fully saturated rings. The van der Waals surface area contributed by atoms with Crippen molar-refractivity contribution in [3.05, 3.63) is 47.1 Å². The average molecular weight is 230 g/mol. The predicted octanol–water partition coefficient (Wildman–Crippen LogP) is 1.83. The Morgan fingerprint density at radius 1 is 1.29 bits per heavy atom. The number of hydrogen-bond donors (Lipinski definition) is 1. The van der Waals surface area contributed by atoms with Gasteiger partial charge in [-0.1, -0.05) is 29.4 Å². The third-order valence-electron chi connectivity index (χ3n) is 3.32. The van der Waals surface area contributed by atoms with Crippen molar-refractivity contribution in [2.45, 2.75) is 31.8 Å². The lowest BCUT2D eigenvalue weighted by molar-refractivity contribution is 0.261. The Kier molecular flexibility index (Phi) is 2.65. The van der Waals surface area contributed by atoms with Gasteiger partial charge in [-0.3, -0.25) is 0 Å². The normalized spacial score (nSPS) is 19.0. The van der Waals surface area contributed by atoms with Crippen LogP contribution in [0, 0.1) is 0 Å².